The zero-order valence-electron chi connectivity index (χ0n) is 12.3. The van der Waals surface area contributed by atoms with E-state index < -0.39 is 0 Å². The third-order valence-electron chi connectivity index (χ3n) is 3.71. The van der Waals surface area contributed by atoms with Gasteiger partial charge >= 0.3 is 0 Å². The van der Waals surface area contributed by atoms with E-state index in [-0.39, 0.29) is 0 Å². The molecule has 0 aliphatic rings. The largest absolute Gasteiger partial charge is 0.454 e. The molecule has 1 nitrogen and oxygen atoms in total. The second kappa shape index (κ2) is 6.60. The van der Waals surface area contributed by atoms with Crippen LogP contribution < -0.4 is 0 Å². The average Bonchev–Trinajstić information content (AvgIpc) is 2.86. The molecule has 0 radical (unpaired) electrons. The van der Waals surface area contributed by atoms with Gasteiger partial charge in [0.2, 0.25) is 0 Å². The van der Waals surface area contributed by atoms with Crippen LogP contribution in [0.15, 0.2) is 59.0 Å². The Morgan fingerprint density at radius 2 is 1.59 bits per heavy atom. The van der Waals surface area contributed by atoms with E-state index >= 15 is 0 Å². The van der Waals surface area contributed by atoms with Gasteiger partial charge in [-0.3, -0.25) is 0 Å². The maximum absolute atomic E-state index is 6.61. The van der Waals surface area contributed by atoms with Gasteiger partial charge in [-0.25, -0.2) is 0 Å². The van der Waals surface area contributed by atoms with Crippen LogP contribution in [0.25, 0.3) is 22.6 Å². The molecular weight excluding hydrogens is 315 g/mol. The zero-order chi connectivity index (χ0) is 15.5. The minimum Gasteiger partial charge on any atom is -0.454 e. The number of benzene rings is 2. The second-order valence-electron chi connectivity index (χ2n) is 5.17. The van der Waals surface area contributed by atoms with E-state index in [0.717, 1.165) is 33.8 Å². The highest BCUT2D eigenvalue weighted by atomic mass is 35.5. The molecule has 3 aromatic rings. The highest BCUT2D eigenvalue weighted by molar-refractivity contribution is 6.34. The summed E-state index contributed by atoms with van der Waals surface area (Å²) in [5.41, 5.74) is 4.14. The standard InChI is InChI=1S/C19H16Cl2O/c1-13-7-5-6-10-15(13)19-17(21)16(11-12-20)18(22-19)14-8-3-2-4-9-14/h2-10H,11-12H2,1H3. The van der Waals surface area contributed by atoms with Crippen LogP contribution in [0.4, 0.5) is 0 Å². The van der Waals surface area contributed by atoms with Crippen LogP contribution in [0.1, 0.15) is 11.1 Å². The molecule has 0 spiro atoms. The topological polar surface area (TPSA) is 13.1 Å². The van der Waals surface area contributed by atoms with Crippen molar-refractivity contribution in [2.45, 2.75) is 13.3 Å². The first-order chi connectivity index (χ1) is 10.7. The van der Waals surface area contributed by atoms with Crippen molar-refractivity contribution in [3.05, 3.63) is 70.7 Å². The Morgan fingerprint density at radius 1 is 0.909 bits per heavy atom. The summed E-state index contributed by atoms with van der Waals surface area (Å²) in [6, 6.07) is 18.1. The van der Waals surface area contributed by atoms with Gasteiger partial charge in [0.15, 0.2) is 5.76 Å². The molecule has 0 saturated heterocycles. The van der Waals surface area contributed by atoms with Crippen LogP contribution in [0.2, 0.25) is 5.02 Å². The first kappa shape index (κ1) is 15.2. The maximum atomic E-state index is 6.61. The maximum Gasteiger partial charge on any atom is 0.153 e. The van der Waals surface area contributed by atoms with E-state index in [4.69, 9.17) is 27.6 Å². The average molecular weight is 331 g/mol. The third kappa shape index (κ3) is 2.79. The minimum absolute atomic E-state index is 0.506. The number of halogens is 2. The predicted molar refractivity (Wildman–Crippen MR) is 93.8 cm³/mol. The minimum atomic E-state index is 0.506. The summed E-state index contributed by atoms with van der Waals surface area (Å²) < 4.78 is 6.16. The number of hydrogen-bond donors (Lipinski definition) is 0. The van der Waals surface area contributed by atoms with Crippen molar-refractivity contribution in [2.24, 2.45) is 0 Å². The van der Waals surface area contributed by atoms with Gasteiger partial charge in [-0.2, -0.15) is 0 Å². The number of alkyl halides is 1. The van der Waals surface area contributed by atoms with Crippen LogP contribution in [-0.2, 0) is 6.42 Å². The van der Waals surface area contributed by atoms with Gasteiger partial charge in [0.05, 0.1) is 5.02 Å². The lowest BCUT2D eigenvalue weighted by Crippen LogP contribution is -1.88. The molecule has 0 bridgehead atoms. The molecule has 0 N–H and O–H groups in total. The summed E-state index contributed by atoms with van der Waals surface area (Å²) in [4.78, 5) is 0. The van der Waals surface area contributed by atoms with Crippen LogP contribution in [0.3, 0.4) is 0 Å². The van der Waals surface area contributed by atoms with Crippen LogP contribution in [0, 0.1) is 6.92 Å². The molecule has 0 amide bonds. The molecule has 0 aliphatic heterocycles. The van der Waals surface area contributed by atoms with Crippen LogP contribution >= 0.6 is 23.2 Å². The van der Waals surface area contributed by atoms with Crippen molar-refractivity contribution in [1.29, 1.82) is 0 Å². The van der Waals surface area contributed by atoms with Crippen molar-refractivity contribution in [1.82, 2.24) is 0 Å². The lowest BCUT2D eigenvalue weighted by Gasteiger charge is -2.02. The smallest absolute Gasteiger partial charge is 0.153 e. The van der Waals surface area contributed by atoms with Gasteiger partial charge in [0, 0.05) is 22.6 Å². The Labute approximate surface area is 140 Å². The number of aryl methyl sites for hydroxylation is 1. The normalized spacial score (nSPS) is 10.9. The number of hydrogen-bond acceptors (Lipinski definition) is 1. The van der Waals surface area contributed by atoms with E-state index in [1.807, 2.05) is 48.5 Å². The molecule has 2 aromatic carbocycles. The zero-order valence-corrected chi connectivity index (χ0v) is 13.8. The van der Waals surface area contributed by atoms with E-state index in [0.29, 0.717) is 17.3 Å². The Bertz CT molecular complexity index is 775. The molecule has 1 heterocycles. The molecular formula is C19H16Cl2O. The van der Waals surface area contributed by atoms with Gasteiger partial charge in [-0.15, -0.1) is 11.6 Å². The van der Waals surface area contributed by atoms with E-state index in [9.17, 15) is 0 Å². The molecule has 22 heavy (non-hydrogen) atoms. The van der Waals surface area contributed by atoms with Gasteiger partial charge in [0.25, 0.3) is 0 Å². The Hall–Kier alpha value is -1.70. The van der Waals surface area contributed by atoms with E-state index in [2.05, 4.69) is 13.0 Å². The Morgan fingerprint density at radius 3 is 2.27 bits per heavy atom. The quantitative estimate of drug-likeness (QED) is 0.507. The molecule has 0 aliphatic carbocycles. The van der Waals surface area contributed by atoms with Crippen molar-refractivity contribution < 1.29 is 4.42 Å². The molecule has 1 aromatic heterocycles. The summed E-state index contributed by atoms with van der Waals surface area (Å²) in [6.45, 7) is 2.05. The summed E-state index contributed by atoms with van der Waals surface area (Å²) in [6.07, 6.45) is 0.681. The summed E-state index contributed by atoms with van der Waals surface area (Å²) in [5, 5.41) is 0.661. The fourth-order valence-corrected chi connectivity index (χ4v) is 3.10. The molecule has 0 atom stereocenters. The fraction of sp³-hybridized carbons (Fsp3) is 0.158. The van der Waals surface area contributed by atoms with Crippen LogP contribution in [-0.4, -0.2) is 5.88 Å². The summed E-state index contributed by atoms with van der Waals surface area (Å²) >= 11 is 12.6. The second-order valence-corrected chi connectivity index (χ2v) is 5.93. The third-order valence-corrected chi connectivity index (χ3v) is 4.30. The number of furan rings is 1. The molecule has 0 fully saturated rings. The molecule has 3 rings (SSSR count). The van der Waals surface area contributed by atoms with Gasteiger partial charge in [-0.1, -0.05) is 66.2 Å². The van der Waals surface area contributed by atoms with Crippen molar-refractivity contribution in [3.8, 4) is 22.6 Å². The van der Waals surface area contributed by atoms with Crippen molar-refractivity contribution >= 4 is 23.2 Å². The highest BCUT2D eigenvalue weighted by Gasteiger charge is 2.21. The molecule has 3 heteroatoms. The van der Waals surface area contributed by atoms with Crippen molar-refractivity contribution in [2.75, 3.05) is 5.88 Å². The lowest BCUT2D eigenvalue weighted by molar-refractivity contribution is 0.594. The van der Waals surface area contributed by atoms with E-state index in [1.165, 1.54) is 0 Å². The Balaban J connectivity index is 2.20. The summed E-state index contributed by atoms with van der Waals surface area (Å²) in [5.74, 6) is 2.04. The molecule has 112 valence electrons. The fourth-order valence-electron chi connectivity index (χ4n) is 2.59. The monoisotopic (exact) mass is 330 g/mol. The Kier molecular flexibility index (Phi) is 4.56. The van der Waals surface area contributed by atoms with E-state index in [1.54, 1.807) is 0 Å². The van der Waals surface area contributed by atoms with Gasteiger partial charge in [0.1, 0.15) is 5.76 Å². The predicted octanol–water partition coefficient (Wildman–Crippen LogP) is 6.36. The first-order valence-corrected chi connectivity index (χ1v) is 8.12. The molecule has 0 saturated carbocycles. The molecule has 0 unspecified atom stereocenters. The highest BCUT2D eigenvalue weighted by Crippen LogP contribution is 2.41. The SMILES string of the molecule is Cc1ccccc1-c1oc(-c2ccccc2)c(CCCl)c1Cl. The van der Waals surface area contributed by atoms with Gasteiger partial charge in [-0.05, 0) is 18.9 Å². The van der Waals surface area contributed by atoms with Gasteiger partial charge < -0.3 is 4.42 Å². The van der Waals surface area contributed by atoms with Crippen molar-refractivity contribution in [3.63, 3.8) is 0 Å². The summed E-state index contributed by atoms with van der Waals surface area (Å²) in [7, 11) is 0. The lowest BCUT2D eigenvalue weighted by atomic mass is 10.0. The number of rotatable bonds is 4. The van der Waals surface area contributed by atoms with Crippen LogP contribution in [0.5, 0.6) is 0 Å². The first-order valence-electron chi connectivity index (χ1n) is 7.21.